The lowest BCUT2D eigenvalue weighted by Crippen LogP contribution is -2.36. The number of hydrogen-bond acceptors (Lipinski definition) is 3. The minimum atomic E-state index is -0.732. The number of allylic oxidation sites excluding steroid dienone is 1. The fourth-order valence-electron chi connectivity index (χ4n) is 2.79. The number of aliphatic hydroxyl groups excluding tert-OH is 2. The summed E-state index contributed by atoms with van der Waals surface area (Å²) in [5.41, 5.74) is 6.99. The van der Waals surface area contributed by atoms with Crippen LogP contribution in [-0.4, -0.2) is 29.0 Å². The van der Waals surface area contributed by atoms with E-state index in [1.165, 1.54) is 60.5 Å². The molecule has 0 aliphatic heterocycles. The van der Waals surface area contributed by atoms with Crippen molar-refractivity contribution in [1.29, 1.82) is 0 Å². The summed E-state index contributed by atoms with van der Waals surface area (Å²) in [4.78, 5) is 0. The Morgan fingerprint density at radius 3 is 2.08 bits per heavy atom. The van der Waals surface area contributed by atoms with Gasteiger partial charge < -0.3 is 15.9 Å². The van der Waals surface area contributed by atoms with Gasteiger partial charge in [-0.15, -0.1) is 0 Å². The lowest BCUT2D eigenvalue weighted by atomic mass is 10.0. The topological polar surface area (TPSA) is 66.5 Å². The largest absolute Gasteiger partial charge is 0.395 e. The van der Waals surface area contributed by atoms with Gasteiger partial charge in [0, 0.05) is 3.57 Å². The Balaban J connectivity index is 1.87. The zero-order chi connectivity index (χ0) is 18.3. The van der Waals surface area contributed by atoms with E-state index < -0.39 is 12.1 Å². The molecule has 0 fully saturated rings. The molecule has 25 heavy (non-hydrogen) atoms. The molecule has 0 saturated carbocycles. The number of unbranched alkanes of at least 4 members (excludes halogenated alkanes) is 8. The molecule has 4 N–H and O–H groups in total. The number of rotatable bonds is 14. The normalized spacial score (nSPS) is 14.1. The quantitative estimate of drug-likeness (QED) is 0.217. The van der Waals surface area contributed by atoms with E-state index in [0.717, 1.165) is 12.8 Å². The summed E-state index contributed by atoms with van der Waals surface area (Å²) >= 11 is 2.35. The third-order valence-corrected chi connectivity index (χ3v) is 5.20. The summed E-state index contributed by atoms with van der Waals surface area (Å²) < 4.78 is 1.31. The predicted octanol–water partition coefficient (Wildman–Crippen LogP) is 4.58. The van der Waals surface area contributed by atoms with Crippen LogP contribution in [0.25, 0.3) is 0 Å². The van der Waals surface area contributed by atoms with Crippen molar-refractivity contribution in [2.24, 2.45) is 5.73 Å². The van der Waals surface area contributed by atoms with Gasteiger partial charge in [-0.1, -0.05) is 62.8 Å². The van der Waals surface area contributed by atoms with Gasteiger partial charge in [-0.3, -0.25) is 0 Å². The van der Waals surface area contributed by atoms with Crippen LogP contribution in [0.15, 0.2) is 36.4 Å². The first-order valence-corrected chi connectivity index (χ1v) is 10.7. The molecule has 1 aromatic rings. The minimum absolute atomic E-state index is 0.184. The molecule has 3 nitrogen and oxygen atoms in total. The van der Waals surface area contributed by atoms with Gasteiger partial charge >= 0.3 is 0 Å². The van der Waals surface area contributed by atoms with Crippen molar-refractivity contribution in [2.75, 3.05) is 6.61 Å². The predicted molar refractivity (Wildman–Crippen MR) is 115 cm³/mol. The number of halogens is 1. The lowest BCUT2D eigenvalue weighted by Gasteiger charge is -2.11. The number of benzene rings is 1. The molecule has 0 aliphatic carbocycles. The van der Waals surface area contributed by atoms with Crippen LogP contribution in [-0.2, 0) is 6.42 Å². The highest BCUT2D eigenvalue weighted by Crippen LogP contribution is 2.13. The van der Waals surface area contributed by atoms with Crippen molar-refractivity contribution in [1.82, 2.24) is 0 Å². The maximum atomic E-state index is 9.57. The van der Waals surface area contributed by atoms with Crippen LogP contribution in [0.5, 0.6) is 0 Å². The van der Waals surface area contributed by atoms with Gasteiger partial charge in [-0.2, -0.15) is 0 Å². The molecular weight excluding hydrogens is 425 g/mol. The van der Waals surface area contributed by atoms with Crippen LogP contribution >= 0.6 is 22.6 Å². The summed E-state index contributed by atoms with van der Waals surface area (Å²) in [5.74, 6) is 0. The molecule has 0 unspecified atom stereocenters. The molecule has 0 aromatic heterocycles. The second kappa shape index (κ2) is 14.7. The Hall–Kier alpha value is -0.430. The Morgan fingerprint density at radius 2 is 1.48 bits per heavy atom. The molecule has 1 aromatic carbocycles. The number of aliphatic hydroxyl groups is 2. The van der Waals surface area contributed by atoms with Crippen molar-refractivity contribution < 1.29 is 10.2 Å². The first-order valence-electron chi connectivity index (χ1n) is 9.59. The number of nitrogens with two attached hydrogens (primary N) is 1. The van der Waals surface area contributed by atoms with E-state index in [0.29, 0.717) is 0 Å². The molecule has 4 heteroatoms. The van der Waals surface area contributed by atoms with E-state index in [9.17, 15) is 5.11 Å². The second-order valence-electron chi connectivity index (χ2n) is 6.76. The van der Waals surface area contributed by atoms with Crippen molar-refractivity contribution >= 4 is 22.6 Å². The average Bonchev–Trinajstić information content (AvgIpc) is 2.63. The molecule has 0 aliphatic rings. The van der Waals surface area contributed by atoms with E-state index in [4.69, 9.17) is 10.8 Å². The maximum absolute atomic E-state index is 9.57. The highest BCUT2D eigenvalue weighted by atomic mass is 127. The Kier molecular flexibility index (Phi) is 13.3. The molecular formula is C21H34INO2. The molecule has 0 amide bonds. The van der Waals surface area contributed by atoms with E-state index in [1.807, 2.05) is 6.08 Å². The van der Waals surface area contributed by atoms with Crippen LogP contribution in [0, 0.1) is 3.57 Å². The van der Waals surface area contributed by atoms with Crippen molar-refractivity contribution in [2.45, 2.75) is 76.4 Å². The van der Waals surface area contributed by atoms with Gasteiger partial charge in [0.2, 0.25) is 0 Å². The van der Waals surface area contributed by atoms with Crippen molar-refractivity contribution in [3.8, 4) is 0 Å². The van der Waals surface area contributed by atoms with Gasteiger partial charge in [0.15, 0.2) is 0 Å². The smallest absolute Gasteiger partial charge is 0.0894 e. The van der Waals surface area contributed by atoms with E-state index in [-0.39, 0.29) is 6.61 Å². The first kappa shape index (κ1) is 22.6. The summed E-state index contributed by atoms with van der Waals surface area (Å²) in [6, 6.07) is 8.29. The third kappa shape index (κ3) is 11.7. The molecule has 0 saturated heterocycles. The van der Waals surface area contributed by atoms with E-state index >= 15 is 0 Å². The van der Waals surface area contributed by atoms with Gasteiger partial charge in [-0.05, 0) is 66.0 Å². The fraction of sp³-hybridized carbons (Fsp3) is 0.619. The Labute approximate surface area is 166 Å². The third-order valence-electron chi connectivity index (χ3n) is 4.48. The first-order chi connectivity index (χ1) is 12.1. The monoisotopic (exact) mass is 459 g/mol. The van der Waals surface area contributed by atoms with Crippen LogP contribution in [0.2, 0.25) is 0 Å². The fourth-order valence-corrected chi connectivity index (χ4v) is 3.15. The van der Waals surface area contributed by atoms with E-state index in [1.54, 1.807) is 6.08 Å². The van der Waals surface area contributed by atoms with Crippen LogP contribution in [0.1, 0.15) is 63.4 Å². The molecule has 0 bridgehead atoms. The standard InChI is InChI=1S/C21H34INO2/c22-19-15-13-18(14-16-19)11-9-7-5-3-1-2-4-6-8-10-12-21(25)20(23)17-24/h10,12-16,20-21,24-25H,1-9,11,17,23H2/b12-10+/t20-,21+/m0/s1. The minimum Gasteiger partial charge on any atom is -0.395 e. The maximum Gasteiger partial charge on any atom is 0.0894 e. The molecule has 142 valence electrons. The SMILES string of the molecule is N[C@@H](CO)[C@H](O)/C=C/CCCCCCCCCCc1ccc(I)cc1. The van der Waals surface area contributed by atoms with Crippen LogP contribution < -0.4 is 5.73 Å². The molecule has 2 atom stereocenters. The number of hydrogen-bond donors (Lipinski definition) is 3. The molecule has 0 heterocycles. The van der Waals surface area contributed by atoms with E-state index in [2.05, 4.69) is 46.9 Å². The summed E-state index contributed by atoms with van der Waals surface area (Å²) in [5, 5.41) is 18.4. The Bertz CT molecular complexity index is 461. The molecule has 0 spiro atoms. The lowest BCUT2D eigenvalue weighted by molar-refractivity contribution is 0.144. The van der Waals surface area contributed by atoms with Crippen LogP contribution in [0.3, 0.4) is 0 Å². The van der Waals surface area contributed by atoms with Gasteiger partial charge in [0.25, 0.3) is 0 Å². The Morgan fingerprint density at radius 1 is 0.920 bits per heavy atom. The number of aryl methyl sites for hydroxylation is 1. The zero-order valence-electron chi connectivity index (χ0n) is 15.2. The molecule has 1 rings (SSSR count). The second-order valence-corrected chi connectivity index (χ2v) is 8.00. The summed E-state index contributed by atoms with van der Waals surface area (Å²) in [6.07, 6.45) is 15.5. The zero-order valence-corrected chi connectivity index (χ0v) is 17.4. The van der Waals surface area contributed by atoms with Crippen LogP contribution in [0.4, 0.5) is 0 Å². The summed E-state index contributed by atoms with van der Waals surface area (Å²) in [7, 11) is 0. The highest BCUT2D eigenvalue weighted by molar-refractivity contribution is 14.1. The van der Waals surface area contributed by atoms with Gasteiger partial charge in [0.05, 0.1) is 18.8 Å². The van der Waals surface area contributed by atoms with Gasteiger partial charge in [0.1, 0.15) is 0 Å². The van der Waals surface area contributed by atoms with Crippen molar-refractivity contribution in [3.05, 3.63) is 45.6 Å². The van der Waals surface area contributed by atoms with Crippen molar-refractivity contribution in [3.63, 3.8) is 0 Å². The molecule has 0 radical (unpaired) electrons. The average molecular weight is 459 g/mol. The van der Waals surface area contributed by atoms with Gasteiger partial charge in [-0.25, -0.2) is 0 Å². The summed E-state index contributed by atoms with van der Waals surface area (Å²) in [6.45, 7) is -0.184. The highest BCUT2D eigenvalue weighted by Gasteiger charge is 2.08.